The average molecular weight is 265 g/mol. The summed E-state index contributed by atoms with van der Waals surface area (Å²) in [4.78, 5) is 12.6. The van der Waals surface area contributed by atoms with Crippen molar-refractivity contribution < 1.29 is 14.3 Å². The third-order valence-electron chi connectivity index (χ3n) is 2.52. The molecule has 1 rings (SSSR count). The maximum Gasteiger partial charge on any atom is 0.328 e. The Hall–Kier alpha value is -1.84. The molecule has 0 amide bonds. The van der Waals surface area contributed by atoms with Gasteiger partial charge in [0.05, 0.1) is 0 Å². The number of halogens is 1. The molecule has 0 saturated carbocycles. The number of nitrogens with zero attached hydrogens (tertiary/aromatic N) is 1. The van der Waals surface area contributed by atoms with Gasteiger partial charge in [0, 0.05) is 30.9 Å². The van der Waals surface area contributed by atoms with Gasteiger partial charge in [-0.1, -0.05) is 20.8 Å². The van der Waals surface area contributed by atoms with E-state index in [-0.39, 0.29) is 11.2 Å². The van der Waals surface area contributed by atoms with Crippen LogP contribution in [0.2, 0.25) is 0 Å². The molecule has 3 nitrogen and oxygen atoms in total. The molecule has 0 spiro atoms. The van der Waals surface area contributed by atoms with E-state index in [1.54, 1.807) is 6.07 Å². The molecule has 0 aliphatic heterocycles. The number of anilines is 1. The zero-order valence-electron chi connectivity index (χ0n) is 11.8. The summed E-state index contributed by atoms with van der Waals surface area (Å²) < 4.78 is 13.3. The van der Waals surface area contributed by atoms with Gasteiger partial charge in [-0.2, -0.15) is 0 Å². The molecule has 4 heteroatoms. The lowest BCUT2D eigenvalue weighted by atomic mass is 9.95. The molecule has 0 aliphatic rings. The lowest BCUT2D eigenvalue weighted by Crippen LogP contribution is -2.29. The highest BCUT2D eigenvalue weighted by Gasteiger charge is 2.15. The van der Waals surface area contributed by atoms with Crippen LogP contribution in [0.5, 0.6) is 0 Å². The Morgan fingerprint density at radius 2 is 2.05 bits per heavy atom. The number of carbonyl (C=O) groups is 1. The smallest absolute Gasteiger partial charge is 0.328 e. The number of hydrogen-bond donors (Lipinski definition) is 1. The van der Waals surface area contributed by atoms with Gasteiger partial charge in [0.1, 0.15) is 5.82 Å². The molecule has 1 aromatic rings. The SMILES string of the molecule is CN(CC(C)(C)C)c1ccc(F)cc1C=CC(=O)O. The predicted octanol–water partition coefficient (Wildman–Crippen LogP) is 3.41. The van der Waals surface area contributed by atoms with Crippen molar-refractivity contribution in [1.82, 2.24) is 0 Å². The molecule has 0 atom stereocenters. The first-order chi connectivity index (χ1) is 8.69. The fourth-order valence-corrected chi connectivity index (χ4v) is 1.96. The van der Waals surface area contributed by atoms with Crippen molar-refractivity contribution in [2.24, 2.45) is 5.41 Å². The van der Waals surface area contributed by atoms with Crippen molar-refractivity contribution in [2.45, 2.75) is 20.8 Å². The van der Waals surface area contributed by atoms with Crippen molar-refractivity contribution in [2.75, 3.05) is 18.5 Å². The van der Waals surface area contributed by atoms with Gasteiger partial charge < -0.3 is 10.0 Å². The summed E-state index contributed by atoms with van der Waals surface area (Å²) in [6.45, 7) is 7.12. The van der Waals surface area contributed by atoms with Crippen molar-refractivity contribution >= 4 is 17.7 Å². The first kappa shape index (κ1) is 15.2. The molecular weight excluding hydrogens is 245 g/mol. The number of hydrogen-bond acceptors (Lipinski definition) is 2. The molecule has 0 aliphatic carbocycles. The molecule has 0 saturated heterocycles. The Bertz CT molecular complexity index is 489. The van der Waals surface area contributed by atoms with Gasteiger partial charge in [-0.25, -0.2) is 9.18 Å². The first-order valence-corrected chi connectivity index (χ1v) is 6.11. The quantitative estimate of drug-likeness (QED) is 0.848. The average Bonchev–Trinajstić information content (AvgIpc) is 2.23. The fourth-order valence-electron chi connectivity index (χ4n) is 1.96. The summed E-state index contributed by atoms with van der Waals surface area (Å²) in [6, 6.07) is 4.39. The van der Waals surface area contributed by atoms with Gasteiger partial charge in [0.2, 0.25) is 0 Å². The summed E-state index contributed by atoms with van der Waals surface area (Å²) in [5, 5.41) is 8.67. The second-order valence-electron chi connectivity index (χ2n) is 5.79. The molecule has 1 N–H and O–H groups in total. The number of benzene rings is 1. The van der Waals surface area contributed by atoms with E-state index in [1.807, 2.05) is 11.9 Å². The monoisotopic (exact) mass is 265 g/mol. The second-order valence-corrected chi connectivity index (χ2v) is 5.79. The van der Waals surface area contributed by atoms with E-state index < -0.39 is 5.97 Å². The van der Waals surface area contributed by atoms with E-state index in [4.69, 9.17) is 5.11 Å². The Kier molecular flexibility index (Phi) is 4.70. The maximum absolute atomic E-state index is 13.3. The summed E-state index contributed by atoms with van der Waals surface area (Å²) in [7, 11) is 1.91. The Labute approximate surface area is 113 Å². The van der Waals surface area contributed by atoms with Crippen LogP contribution in [0.3, 0.4) is 0 Å². The maximum atomic E-state index is 13.3. The third-order valence-corrected chi connectivity index (χ3v) is 2.52. The van der Waals surface area contributed by atoms with E-state index in [0.29, 0.717) is 5.56 Å². The molecule has 0 unspecified atom stereocenters. The lowest BCUT2D eigenvalue weighted by molar-refractivity contribution is -0.131. The predicted molar refractivity (Wildman–Crippen MR) is 75.8 cm³/mol. The Balaban J connectivity index is 3.09. The highest BCUT2D eigenvalue weighted by molar-refractivity contribution is 5.87. The highest BCUT2D eigenvalue weighted by Crippen LogP contribution is 2.25. The zero-order valence-corrected chi connectivity index (χ0v) is 11.8. The van der Waals surface area contributed by atoms with E-state index in [2.05, 4.69) is 20.8 Å². The summed E-state index contributed by atoms with van der Waals surface area (Å²) in [5.41, 5.74) is 1.47. The second kappa shape index (κ2) is 5.87. The van der Waals surface area contributed by atoms with E-state index in [9.17, 15) is 9.18 Å². The van der Waals surface area contributed by atoms with Gasteiger partial charge in [-0.15, -0.1) is 0 Å². The third kappa shape index (κ3) is 5.12. The lowest BCUT2D eigenvalue weighted by Gasteiger charge is -2.29. The molecule has 0 bridgehead atoms. The minimum atomic E-state index is -1.05. The molecule has 0 radical (unpaired) electrons. The van der Waals surface area contributed by atoms with Crippen LogP contribution in [0.4, 0.5) is 10.1 Å². The molecule has 0 fully saturated rings. The molecule has 0 heterocycles. The van der Waals surface area contributed by atoms with Crippen LogP contribution in [0.1, 0.15) is 26.3 Å². The summed E-state index contributed by atoms with van der Waals surface area (Å²) in [6.07, 6.45) is 2.43. The van der Waals surface area contributed by atoms with Crippen molar-refractivity contribution in [3.8, 4) is 0 Å². The van der Waals surface area contributed by atoms with Crippen molar-refractivity contribution in [3.05, 3.63) is 35.7 Å². The van der Waals surface area contributed by atoms with Crippen LogP contribution in [0, 0.1) is 11.2 Å². The normalized spacial score (nSPS) is 11.8. The van der Waals surface area contributed by atoms with Gasteiger partial charge in [-0.05, 0) is 29.7 Å². The molecule has 104 valence electrons. The number of carboxylic acid groups (broad SMARTS) is 1. The van der Waals surface area contributed by atoms with Crippen LogP contribution in [-0.2, 0) is 4.79 Å². The standard InChI is InChI=1S/C15H20FNO2/c1-15(2,3)10-17(4)13-7-6-12(16)9-11(13)5-8-14(18)19/h5-9H,10H2,1-4H3,(H,18,19). The largest absolute Gasteiger partial charge is 0.478 e. The van der Waals surface area contributed by atoms with Gasteiger partial charge in [0.25, 0.3) is 0 Å². The molecule has 1 aromatic carbocycles. The topological polar surface area (TPSA) is 40.5 Å². The number of carboxylic acids is 1. The number of aliphatic carboxylic acids is 1. The van der Waals surface area contributed by atoms with Gasteiger partial charge in [-0.3, -0.25) is 0 Å². The van der Waals surface area contributed by atoms with Crippen LogP contribution in [-0.4, -0.2) is 24.7 Å². The zero-order chi connectivity index (χ0) is 14.6. The molecular formula is C15H20FNO2. The minimum absolute atomic E-state index is 0.0942. The summed E-state index contributed by atoms with van der Waals surface area (Å²) in [5.74, 6) is -1.42. The molecule has 0 aromatic heterocycles. The Morgan fingerprint density at radius 3 is 2.58 bits per heavy atom. The first-order valence-electron chi connectivity index (χ1n) is 6.11. The van der Waals surface area contributed by atoms with Crippen LogP contribution in [0.15, 0.2) is 24.3 Å². The van der Waals surface area contributed by atoms with Crippen LogP contribution >= 0.6 is 0 Å². The Morgan fingerprint density at radius 1 is 1.42 bits per heavy atom. The van der Waals surface area contributed by atoms with Gasteiger partial charge >= 0.3 is 5.97 Å². The van der Waals surface area contributed by atoms with Crippen LogP contribution < -0.4 is 4.90 Å². The summed E-state index contributed by atoms with van der Waals surface area (Å²) >= 11 is 0. The minimum Gasteiger partial charge on any atom is -0.478 e. The highest BCUT2D eigenvalue weighted by atomic mass is 19.1. The van der Waals surface area contributed by atoms with E-state index in [0.717, 1.165) is 18.3 Å². The molecule has 19 heavy (non-hydrogen) atoms. The van der Waals surface area contributed by atoms with Crippen molar-refractivity contribution in [1.29, 1.82) is 0 Å². The fraction of sp³-hybridized carbons (Fsp3) is 0.400. The number of rotatable bonds is 4. The van der Waals surface area contributed by atoms with E-state index >= 15 is 0 Å². The van der Waals surface area contributed by atoms with Crippen molar-refractivity contribution in [3.63, 3.8) is 0 Å². The van der Waals surface area contributed by atoms with Crippen LogP contribution in [0.25, 0.3) is 6.08 Å². The van der Waals surface area contributed by atoms with E-state index in [1.165, 1.54) is 18.2 Å². The van der Waals surface area contributed by atoms with Gasteiger partial charge in [0.15, 0.2) is 0 Å².